The van der Waals surface area contributed by atoms with Crippen LogP contribution >= 0.6 is 0 Å². The third-order valence-electron chi connectivity index (χ3n) is 3.64. The summed E-state index contributed by atoms with van der Waals surface area (Å²) in [5.74, 6) is 0. The van der Waals surface area contributed by atoms with Crippen LogP contribution in [0.25, 0.3) is 11.3 Å². The maximum atomic E-state index is 4.55. The molecular formula is C16H19N3. The highest BCUT2D eigenvalue weighted by Gasteiger charge is 2.10. The Morgan fingerprint density at radius 1 is 1.00 bits per heavy atom. The van der Waals surface area contributed by atoms with Gasteiger partial charge in [-0.2, -0.15) is 0 Å². The molecule has 2 aromatic heterocycles. The lowest BCUT2D eigenvalue weighted by atomic mass is 10.1. The highest BCUT2D eigenvalue weighted by atomic mass is 15.1. The Labute approximate surface area is 114 Å². The Morgan fingerprint density at radius 2 is 1.89 bits per heavy atom. The third-order valence-corrected chi connectivity index (χ3v) is 3.64. The Hall–Kier alpha value is -1.74. The van der Waals surface area contributed by atoms with Gasteiger partial charge in [-0.1, -0.05) is 12.5 Å². The zero-order valence-electron chi connectivity index (χ0n) is 11.1. The molecule has 3 heterocycles. The number of hydrogen-bond acceptors (Lipinski definition) is 3. The van der Waals surface area contributed by atoms with Gasteiger partial charge in [-0.25, -0.2) is 0 Å². The third kappa shape index (κ3) is 3.18. The van der Waals surface area contributed by atoms with E-state index in [-0.39, 0.29) is 0 Å². The van der Waals surface area contributed by atoms with Gasteiger partial charge in [0.2, 0.25) is 0 Å². The lowest BCUT2D eigenvalue weighted by Crippen LogP contribution is -2.29. The van der Waals surface area contributed by atoms with Gasteiger partial charge in [0.1, 0.15) is 0 Å². The number of likely N-dealkylation sites (tertiary alicyclic amines) is 1. The number of nitrogens with zero attached hydrogens (tertiary/aromatic N) is 3. The van der Waals surface area contributed by atoms with Crippen molar-refractivity contribution in [2.75, 3.05) is 13.1 Å². The fraction of sp³-hybridized carbons (Fsp3) is 0.375. The van der Waals surface area contributed by atoms with Crippen LogP contribution < -0.4 is 0 Å². The second-order valence-electron chi connectivity index (χ2n) is 5.13. The molecule has 0 aromatic carbocycles. The minimum Gasteiger partial charge on any atom is -0.299 e. The molecule has 1 fully saturated rings. The molecule has 3 nitrogen and oxygen atoms in total. The first kappa shape index (κ1) is 12.3. The van der Waals surface area contributed by atoms with E-state index in [4.69, 9.17) is 0 Å². The first-order valence-electron chi connectivity index (χ1n) is 6.99. The van der Waals surface area contributed by atoms with E-state index in [2.05, 4.69) is 27.0 Å². The van der Waals surface area contributed by atoms with Crippen LogP contribution in [0.3, 0.4) is 0 Å². The summed E-state index contributed by atoms with van der Waals surface area (Å²) in [6.07, 6.45) is 9.69. The predicted octanol–water partition coefficient (Wildman–Crippen LogP) is 3.13. The molecule has 0 amide bonds. The largest absolute Gasteiger partial charge is 0.299 e. The van der Waals surface area contributed by atoms with Crippen molar-refractivity contribution < 1.29 is 0 Å². The maximum absolute atomic E-state index is 4.55. The summed E-state index contributed by atoms with van der Waals surface area (Å²) < 4.78 is 0. The standard InChI is InChI=1S/C16H19N3/c1-2-9-19(10-3-1)13-14-6-7-16(18-11-14)15-5-4-8-17-12-15/h4-8,11-12H,1-3,9-10,13H2. The number of rotatable bonds is 3. The topological polar surface area (TPSA) is 29.0 Å². The summed E-state index contributed by atoms with van der Waals surface area (Å²) in [4.78, 5) is 11.2. The quantitative estimate of drug-likeness (QED) is 0.841. The van der Waals surface area contributed by atoms with E-state index >= 15 is 0 Å². The molecule has 1 saturated heterocycles. The number of piperidine rings is 1. The molecule has 0 atom stereocenters. The van der Waals surface area contributed by atoms with Gasteiger partial charge in [-0.05, 0) is 49.7 Å². The fourth-order valence-corrected chi connectivity index (χ4v) is 2.58. The average Bonchev–Trinajstić information content (AvgIpc) is 2.50. The SMILES string of the molecule is c1cncc(-c2ccc(CN3CCCCC3)cn2)c1. The molecule has 1 aliphatic rings. The zero-order chi connectivity index (χ0) is 12.9. The summed E-state index contributed by atoms with van der Waals surface area (Å²) in [5, 5.41) is 0. The molecule has 0 bridgehead atoms. The van der Waals surface area contributed by atoms with Crippen LogP contribution in [0.2, 0.25) is 0 Å². The molecule has 2 aromatic rings. The fourth-order valence-electron chi connectivity index (χ4n) is 2.58. The summed E-state index contributed by atoms with van der Waals surface area (Å²) in [7, 11) is 0. The lowest BCUT2D eigenvalue weighted by Gasteiger charge is -2.26. The van der Waals surface area contributed by atoms with E-state index in [0.717, 1.165) is 17.8 Å². The minimum absolute atomic E-state index is 0.996. The van der Waals surface area contributed by atoms with Crippen molar-refractivity contribution in [2.24, 2.45) is 0 Å². The smallest absolute Gasteiger partial charge is 0.0717 e. The van der Waals surface area contributed by atoms with E-state index in [1.54, 1.807) is 6.20 Å². The minimum atomic E-state index is 0.996. The molecule has 0 unspecified atom stereocenters. The van der Waals surface area contributed by atoms with Crippen LogP contribution in [-0.2, 0) is 6.54 Å². The zero-order valence-corrected chi connectivity index (χ0v) is 11.1. The van der Waals surface area contributed by atoms with Crippen molar-refractivity contribution in [2.45, 2.75) is 25.8 Å². The van der Waals surface area contributed by atoms with E-state index in [9.17, 15) is 0 Å². The molecule has 3 rings (SSSR count). The summed E-state index contributed by atoms with van der Waals surface area (Å²) in [5.41, 5.74) is 3.37. The maximum Gasteiger partial charge on any atom is 0.0717 e. The second-order valence-corrected chi connectivity index (χ2v) is 5.13. The molecule has 0 saturated carbocycles. The highest BCUT2D eigenvalue weighted by molar-refractivity contribution is 5.57. The Balaban J connectivity index is 1.68. The molecule has 19 heavy (non-hydrogen) atoms. The van der Waals surface area contributed by atoms with Crippen molar-refractivity contribution in [3.8, 4) is 11.3 Å². The van der Waals surface area contributed by atoms with Crippen LogP contribution in [0.4, 0.5) is 0 Å². The van der Waals surface area contributed by atoms with Crippen LogP contribution in [-0.4, -0.2) is 28.0 Å². The van der Waals surface area contributed by atoms with Gasteiger partial charge >= 0.3 is 0 Å². The molecule has 0 N–H and O–H groups in total. The monoisotopic (exact) mass is 253 g/mol. The molecule has 0 spiro atoms. The van der Waals surface area contributed by atoms with Crippen molar-refractivity contribution in [1.82, 2.24) is 14.9 Å². The van der Waals surface area contributed by atoms with Gasteiger partial charge in [0.05, 0.1) is 5.69 Å². The Morgan fingerprint density at radius 3 is 2.58 bits per heavy atom. The number of hydrogen-bond donors (Lipinski definition) is 0. The van der Waals surface area contributed by atoms with Crippen molar-refractivity contribution >= 4 is 0 Å². The summed E-state index contributed by atoms with van der Waals surface area (Å²) in [6, 6.07) is 8.26. The van der Waals surface area contributed by atoms with Gasteiger partial charge in [-0.3, -0.25) is 14.9 Å². The van der Waals surface area contributed by atoms with Crippen molar-refractivity contribution in [3.05, 3.63) is 48.4 Å². The van der Waals surface area contributed by atoms with Gasteiger partial charge < -0.3 is 0 Å². The van der Waals surface area contributed by atoms with Gasteiger partial charge in [0, 0.05) is 30.7 Å². The molecular weight excluding hydrogens is 234 g/mol. The van der Waals surface area contributed by atoms with E-state index in [1.165, 1.54) is 37.9 Å². The van der Waals surface area contributed by atoms with E-state index in [1.807, 2.05) is 24.5 Å². The number of pyridine rings is 2. The lowest BCUT2D eigenvalue weighted by molar-refractivity contribution is 0.220. The number of aromatic nitrogens is 2. The molecule has 1 aliphatic heterocycles. The first-order valence-corrected chi connectivity index (χ1v) is 6.99. The summed E-state index contributed by atoms with van der Waals surface area (Å²) >= 11 is 0. The van der Waals surface area contributed by atoms with Crippen molar-refractivity contribution in [1.29, 1.82) is 0 Å². The Bertz CT molecular complexity index is 501. The van der Waals surface area contributed by atoms with Crippen molar-refractivity contribution in [3.63, 3.8) is 0 Å². The van der Waals surface area contributed by atoms with Gasteiger partial charge in [0.25, 0.3) is 0 Å². The van der Waals surface area contributed by atoms with E-state index < -0.39 is 0 Å². The predicted molar refractivity (Wildman–Crippen MR) is 76.6 cm³/mol. The molecule has 0 aliphatic carbocycles. The molecule has 3 heteroatoms. The van der Waals surface area contributed by atoms with Crippen LogP contribution in [0.15, 0.2) is 42.9 Å². The Kier molecular flexibility index (Phi) is 3.84. The molecule has 98 valence electrons. The second kappa shape index (κ2) is 5.93. The normalized spacial score (nSPS) is 16.4. The average molecular weight is 253 g/mol. The van der Waals surface area contributed by atoms with Crippen LogP contribution in [0.5, 0.6) is 0 Å². The molecule has 0 radical (unpaired) electrons. The van der Waals surface area contributed by atoms with Crippen LogP contribution in [0, 0.1) is 0 Å². The van der Waals surface area contributed by atoms with E-state index in [0.29, 0.717) is 0 Å². The van der Waals surface area contributed by atoms with Crippen LogP contribution in [0.1, 0.15) is 24.8 Å². The highest BCUT2D eigenvalue weighted by Crippen LogP contribution is 2.17. The summed E-state index contributed by atoms with van der Waals surface area (Å²) in [6.45, 7) is 3.48. The van der Waals surface area contributed by atoms with Gasteiger partial charge in [0.15, 0.2) is 0 Å². The first-order chi connectivity index (χ1) is 9.42. The van der Waals surface area contributed by atoms with Gasteiger partial charge in [-0.15, -0.1) is 0 Å².